The van der Waals surface area contributed by atoms with Gasteiger partial charge in [0.15, 0.2) is 0 Å². The van der Waals surface area contributed by atoms with E-state index in [9.17, 15) is 9.59 Å². The molecule has 1 N–H and O–H groups in total. The van der Waals surface area contributed by atoms with E-state index in [4.69, 9.17) is 4.74 Å². The van der Waals surface area contributed by atoms with Crippen LogP contribution in [0.5, 0.6) is 0 Å². The molecule has 5 nitrogen and oxygen atoms in total. The van der Waals surface area contributed by atoms with Crippen LogP contribution in [-0.4, -0.2) is 48.6 Å². The summed E-state index contributed by atoms with van der Waals surface area (Å²) >= 11 is 0. The minimum absolute atomic E-state index is 0.0148. The van der Waals surface area contributed by atoms with Crippen LogP contribution in [0.25, 0.3) is 0 Å². The first kappa shape index (κ1) is 30.7. The molecular weight excluding hydrogens is 520 g/mol. The first-order valence-electron chi connectivity index (χ1n) is 17.5. The second-order valence-electron chi connectivity index (χ2n) is 17.3. The molecule has 5 fully saturated rings. The number of piperazine rings is 1. The molecule has 1 aliphatic heterocycles. The highest BCUT2D eigenvalue weighted by atomic mass is 16.5. The van der Waals surface area contributed by atoms with Gasteiger partial charge in [0, 0.05) is 38.0 Å². The van der Waals surface area contributed by atoms with E-state index in [-0.39, 0.29) is 45.2 Å². The Morgan fingerprint density at radius 1 is 0.929 bits per heavy atom. The van der Waals surface area contributed by atoms with E-state index in [1.807, 2.05) is 0 Å². The molecule has 5 aliphatic carbocycles. The molecule has 0 radical (unpaired) electrons. The van der Waals surface area contributed by atoms with Crippen molar-refractivity contribution in [2.24, 2.45) is 56.7 Å². The van der Waals surface area contributed by atoms with Gasteiger partial charge in [-0.25, -0.2) is 0 Å². The van der Waals surface area contributed by atoms with Crippen molar-refractivity contribution in [3.63, 3.8) is 0 Å². The predicted molar refractivity (Wildman–Crippen MR) is 169 cm³/mol. The van der Waals surface area contributed by atoms with Crippen molar-refractivity contribution in [3.8, 4) is 0 Å². The first-order valence-corrected chi connectivity index (χ1v) is 17.5. The molecule has 11 atom stereocenters. The van der Waals surface area contributed by atoms with Crippen LogP contribution in [0.15, 0.2) is 11.6 Å². The number of hydrogen-bond acceptors (Lipinski definition) is 4. The van der Waals surface area contributed by atoms with Crippen LogP contribution in [0.3, 0.4) is 0 Å². The highest BCUT2D eigenvalue weighted by Gasteiger charge is 2.70. The Bertz CT molecular complexity index is 1150. The number of carbonyl (C=O) groups excluding carboxylic acids is 2. The summed E-state index contributed by atoms with van der Waals surface area (Å²) in [5, 5.41) is 3.51. The van der Waals surface area contributed by atoms with E-state index in [1.165, 1.54) is 19.3 Å². The molecule has 6 aliphatic rings. The maximum Gasteiger partial charge on any atom is 0.302 e. The van der Waals surface area contributed by atoms with E-state index < -0.39 is 0 Å². The zero-order chi connectivity index (χ0) is 30.5. The largest absolute Gasteiger partial charge is 0.462 e. The van der Waals surface area contributed by atoms with Crippen LogP contribution in [-0.2, 0) is 14.3 Å². The zero-order valence-electron chi connectivity index (χ0n) is 28.3. The molecule has 0 aromatic carbocycles. The molecule has 1 saturated heterocycles. The van der Waals surface area contributed by atoms with Gasteiger partial charge in [-0.2, -0.15) is 0 Å². The van der Waals surface area contributed by atoms with Gasteiger partial charge in [-0.05, 0) is 111 Å². The molecule has 1 heterocycles. The average molecular weight is 581 g/mol. The van der Waals surface area contributed by atoms with Gasteiger partial charge in [0.05, 0.1) is 5.41 Å². The zero-order valence-corrected chi connectivity index (χ0v) is 28.3. The Morgan fingerprint density at radius 2 is 1.67 bits per heavy atom. The first-order chi connectivity index (χ1) is 19.6. The van der Waals surface area contributed by atoms with Crippen molar-refractivity contribution in [1.82, 2.24) is 10.2 Å². The van der Waals surface area contributed by atoms with Gasteiger partial charge in [0.25, 0.3) is 0 Å². The van der Waals surface area contributed by atoms with Gasteiger partial charge >= 0.3 is 5.97 Å². The van der Waals surface area contributed by atoms with Crippen molar-refractivity contribution >= 4 is 11.9 Å². The molecule has 0 aromatic rings. The molecule has 4 saturated carbocycles. The lowest BCUT2D eigenvalue weighted by atomic mass is 9.33. The number of allylic oxidation sites excluding steroid dienone is 2. The van der Waals surface area contributed by atoms with Crippen LogP contribution in [0, 0.1) is 56.7 Å². The van der Waals surface area contributed by atoms with Crippen molar-refractivity contribution < 1.29 is 14.3 Å². The normalized spacial score (nSPS) is 49.9. The number of amides is 1. The Kier molecular flexibility index (Phi) is 7.35. The van der Waals surface area contributed by atoms with Crippen LogP contribution in [0.1, 0.15) is 120 Å². The number of ether oxygens (including phenoxy) is 1. The summed E-state index contributed by atoms with van der Waals surface area (Å²) in [5.74, 6) is 3.02. The lowest BCUT2D eigenvalue weighted by molar-refractivity contribution is -0.213. The van der Waals surface area contributed by atoms with Crippen molar-refractivity contribution in [2.45, 2.75) is 132 Å². The molecular formula is C37H60N2O3. The van der Waals surface area contributed by atoms with Gasteiger partial charge in [-0.15, -0.1) is 0 Å². The van der Waals surface area contributed by atoms with E-state index in [1.54, 1.807) is 12.5 Å². The molecule has 6 rings (SSSR count). The number of fused-ring (bicyclic) bond motifs is 7. The molecule has 1 amide bonds. The van der Waals surface area contributed by atoms with Gasteiger partial charge in [0.1, 0.15) is 6.10 Å². The number of rotatable bonds is 2. The monoisotopic (exact) mass is 580 g/mol. The fraction of sp³-hybridized carbons (Fsp3) is 0.892. The van der Waals surface area contributed by atoms with Crippen molar-refractivity contribution in [2.75, 3.05) is 19.6 Å². The lowest BCUT2D eigenvalue weighted by Gasteiger charge is -2.71. The summed E-state index contributed by atoms with van der Waals surface area (Å²) in [7, 11) is 0. The molecule has 0 aromatic heterocycles. The third-order valence-corrected chi connectivity index (χ3v) is 15.4. The number of nitrogens with one attached hydrogen (secondary N) is 1. The Hall–Kier alpha value is -1.36. The highest BCUT2D eigenvalue weighted by molar-refractivity contribution is 5.85. The number of carbonyl (C=O) groups is 2. The molecule has 0 spiro atoms. The summed E-state index contributed by atoms with van der Waals surface area (Å²) in [4.78, 5) is 29.0. The van der Waals surface area contributed by atoms with Crippen LogP contribution < -0.4 is 5.32 Å². The molecule has 0 bridgehead atoms. The van der Waals surface area contributed by atoms with Gasteiger partial charge in [-0.1, -0.05) is 60.1 Å². The molecule has 42 heavy (non-hydrogen) atoms. The van der Waals surface area contributed by atoms with E-state index >= 15 is 0 Å². The predicted octanol–water partition coefficient (Wildman–Crippen LogP) is 7.40. The fourth-order valence-electron chi connectivity index (χ4n) is 12.7. The summed E-state index contributed by atoms with van der Waals surface area (Å²) in [6, 6.07) is 0.271. The Labute approximate surface area is 256 Å². The maximum absolute atomic E-state index is 14.8. The molecule has 236 valence electrons. The topological polar surface area (TPSA) is 58.6 Å². The van der Waals surface area contributed by atoms with Gasteiger partial charge in [-0.3, -0.25) is 9.59 Å². The summed E-state index contributed by atoms with van der Waals surface area (Å²) in [6.45, 7) is 24.0. The highest BCUT2D eigenvalue weighted by Crippen LogP contribution is 2.76. The third kappa shape index (κ3) is 4.02. The van der Waals surface area contributed by atoms with E-state index in [0.29, 0.717) is 35.5 Å². The molecule has 5 heteroatoms. The minimum atomic E-state index is -0.239. The standard InChI is InChI=1S/C37H60N2O3/c1-23-12-17-37(32(41)39-21-20-38-22-24(39)2)19-18-35(8)27(31(37)25(23)3)10-11-29-34(7)15-14-30(42-26(4)40)33(5,6)28(34)13-16-36(29,35)9/h10,23-25,28-31,38H,11-22H2,1-9H3/t23-,24?,25+,28+,29-,30+,31+,34+,35-,36-,37+/m1/s1. The Balaban J connectivity index is 1.39. The lowest BCUT2D eigenvalue weighted by Crippen LogP contribution is -2.67. The summed E-state index contributed by atoms with van der Waals surface area (Å²) < 4.78 is 5.95. The fourth-order valence-corrected chi connectivity index (χ4v) is 12.7. The summed E-state index contributed by atoms with van der Waals surface area (Å²) in [5.41, 5.74) is 1.96. The quantitative estimate of drug-likeness (QED) is 0.273. The van der Waals surface area contributed by atoms with E-state index in [0.717, 1.165) is 58.2 Å². The smallest absolute Gasteiger partial charge is 0.302 e. The van der Waals surface area contributed by atoms with Crippen molar-refractivity contribution in [3.05, 3.63) is 11.6 Å². The van der Waals surface area contributed by atoms with Crippen LogP contribution >= 0.6 is 0 Å². The Morgan fingerprint density at radius 3 is 2.36 bits per heavy atom. The SMILES string of the molecule is CC(=O)O[C@H]1CC[C@]2(C)[C@H]3CC=C4[C@@H]5[C@@H](C)[C@H](C)CC[C@]5(C(=O)N5CCNCC5C)CC[C@@]4(C)[C@]3(C)CC[C@H]2C1(C)C. The number of nitrogens with zero attached hydrogens (tertiary/aromatic N) is 1. The summed E-state index contributed by atoms with van der Waals surface area (Å²) in [6.07, 6.45) is 12.8. The third-order valence-electron chi connectivity index (χ3n) is 15.4. The number of hydrogen-bond donors (Lipinski definition) is 1. The second kappa shape index (κ2) is 10.1. The van der Waals surface area contributed by atoms with Crippen molar-refractivity contribution in [1.29, 1.82) is 0 Å². The number of esters is 1. The maximum atomic E-state index is 14.8. The van der Waals surface area contributed by atoms with Crippen LogP contribution in [0.4, 0.5) is 0 Å². The van der Waals surface area contributed by atoms with Gasteiger partial charge in [0.2, 0.25) is 5.91 Å². The van der Waals surface area contributed by atoms with E-state index in [2.05, 4.69) is 71.7 Å². The second-order valence-corrected chi connectivity index (χ2v) is 17.3. The minimum Gasteiger partial charge on any atom is -0.462 e. The molecule has 1 unspecified atom stereocenters. The van der Waals surface area contributed by atoms with Gasteiger partial charge < -0.3 is 15.0 Å². The average Bonchev–Trinajstić information content (AvgIpc) is 2.92. The van der Waals surface area contributed by atoms with Crippen LogP contribution in [0.2, 0.25) is 0 Å².